The molecule has 1 aliphatic heterocycles. The lowest BCUT2D eigenvalue weighted by Gasteiger charge is -2.29. The first-order chi connectivity index (χ1) is 13.5. The molecule has 7 nitrogen and oxygen atoms in total. The van der Waals surface area contributed by atoms with Crippen LogP contribution < -0.4 is 10.6 Å². The highest BCUT2D eigenvalue weighted by atomic mass is 16.4. The summed E-state index contributed by atoms with van der Waals surface area (Å²) in [5, 5.41) is 15.2. The van der Waals surface area contributed by atoms with Gasteiger partial charge in [0.15, 0.2) is 0 Å². The summed E-state index contributed by atoms with van der Waals surface area (Å²) in [4.78, 5) is 29.1. The Balaban J connectivity index is 1.49. The Labute approximate surface area is 164 Å². The number of nitrogens with one attached hydrogen (secondary N) is 2. The van der Waals surface area contributed by atoms with Gasteiger partial charge in [-0.2, -0.15) is 0 Å². The summed E-state index contributed by atoms with van der Waals surface area (Å²) < 4.78 is 0. The molecule has 1 saturated heterocycles. The van der Waals surface area contributed by atoms with E-state index >= 15 is 0 Å². The minimum absolute atomic E-state index is 0.137. The van der Waals surface area contributed by atoms with Gasteiger partial charge in [0, 0.05) is 37.9 Å². The van der Waals surface area contributed by atoms with Crippen molar-refractivity contribution in [3.8, 4) is 0 Å². The number of anilines is 1. The number of carbonyl (C=O) groups excluding carboxylic acids is 1. The molecule has 28 heavy (non-hydrogen) atoms. The minimum Gasteiger partial charge on any atom is -0.465 e. The SMILES string of the molecule is Cc1cccc(CNc2cc(C(=O)NCC3CCN(C(=O)O)CC3)ccn2)c1. The van der Waals surface area contributed by atoms with Gasteiger partial charge in [-0.1, -0.05) is 29.8 Å². The van der Waals surface area contributed by atoms with Crippen LogP contribution in [0.25, 0.3) is 0 Å². The fourth-order valence-corrected chi connectivity index (χ4v) is 3.35. The number of piperidine rings is 1. The van der Waals surface area contributed by atoms with E-state index in [1.807, 2.05) is 12.1 Å². The number of carbonyl (C=O) groups is 2. The van der Waals surface area contributed by atoms with Gasteiger partial charge in [0.1, 0.15) is 5.82 Å². The summed E-state index contributed by atoms with van der Waals surface area (Å²) in [5.74, 6) is 0.825. The van der Waals surface area contributed by atoms with E-state index in [-0.39, 0.29) is 5.91 Å². The Morgan fingerprint density at radius 2 is 2.00 bits per heavy atom. The van der Waals surface area contributed by atoms with Crippen molar-refractivity contribution in [3.63, 3.8) is 0 Å². The topological polar surface area (TPSA) is 94.6 Å². The van der Waals surface area contributed by atoms with Crippen molar-refractivity contribution in [2.45, 2.75) is 26.3 Å². The van der Waals surface area contributed by atoms with Gasteiger partial charge >= 0.3 is 6.09 Å². The fraction of sp³-hybridized carbons (Fsp3) is 0.381. The van der Waals surface area contributed by atoms with Crippen molar-refractivity contribution >= 4 is 17.8 Å². The predicted octanol–water partition coefficient (Wildman–Crippen LogP) is 3.12. The number of likely N-dealkylation sites (tertiary alicyclic amines) is 1. The lowest BCUT2D eigenvalue weighted by atomic mass is 9.97. The third-order valence-corrected chi connectivity index (χ3v) is 5.01. The van der Waals surface area contributed by atoms with Gasteiger partial charge in [-0.05, 0) is 43.4 Å². The van der Waals surface area contributed by atoms with Crippen molar-refractivity contribution < 1.29 is 14.7 Å². The van der Waals surface area contributed by atoms with Gasteiger partial charge in [0.2, 0.25) is 0 Å². The maximum atomic E-state index is 12.5. The van der Waals surface area contributed by atoms with Crippen molar-refractivity contribution in [1.82, 2.24) is 15.2 Å². The zero-order valence-corrected chi connectivity index (χ0v) is 16.0. The number of benzene rings is 1. The summed E-state index contributed by atoms with van der Waals surface area (Å²) in [7, 11) is 0. The minimum atomic E-state index is -0.870. The van der Waals surface area contributed by atoms with Crippen LogP contribution in [0.5, 0.6) is 0 Å². The number of amides is 2. The summed E-state index contributed by atoms with van der Waals surface area (Å²) in [6, 6.07) is 11.7. The quantitative estimate of drug-likeness (QED) is 0.714. The van der Waals surface area contributed by atoms with E-state index in [2.05, 4.69) is 34.7 Å². The molecule has 0 saturated carbocycles. The number of nitrogens with zero attached hydrogens (tertiary/aromatic N) is 2. The van der Waals surface area contributed by atoms with Gasteiger partial charge in [-0.3, -0.25) is 4.79 Å². The molecule has 2 aromatic rings. The number of aromatic nitrogens is 1. The standard InChI is InChI=1S/C21H26N4O3/c1-15-3-2-4-17(11-15)14-23-19-12-18(5-8-22-19)20(26)24-13-16-6-9-25(10-7-16)21(27)28/h2-5,8,11-12,16H,6-7,9-10,13-14H2,1H3,(H,22,23)(H,24,26)(H,27,28). The Morgan fingerprint density at radius 1 is 1.21 bits per heavy atom. The van der Waals surface area contributed by atoms with E-state index in [1.54, 1.807) is 18.3 Å². The Kier molecular flexibility index (Phi) is 6.47. The highest BCUT2D eigenvalue weighted by Gasteiger charge is 2.22. The van der Waals surface area contributed by atoms with Crippen LogP contribution in [-0.2, 0) is 6.54 Å². The summed E-state index contributed by atoms with van der Waals surface area (Å²) in [5.41, 5.74) is 2.92. The highest BCUT2D eigenvalue weighted by Crippen LogP contribution is 2.17. The van der Waals surface area contributed by atoms with Crippen LogP contribution in [0.4, 0.5) is 10.6 Å². The fourth-order valence-electron chi connectivity index (χ4n) is 3.35. The molecule has 148 valence electrons. The van der Waals surface area contributed by atoms with Crippen LogP contribution in [0.2, 0.25) is 0 Å². The van der Waals surface area contributed by atoms with Crippen LogP contribution in [0.1, 0.15) is 34.3 Å². The molecule has 1 aliphatic rings. The van der Waals surface area contributed by atoms with Gasteiger partial charge in [-0.25, -0.2) is 9.78 Å². The van der Waals surface area contributed by atoms with Gasteiger partial charge in [-0.15, -0.1) is 0 Å². The number of hydrogen-bond donors (Lipinski definition) is 3. The molecule has 1 aromatic heterocycles. The number of pyridine rings is 1. The van der Waals surface area contributed by atoms with Crippen molar-refractivity contribution in [2.75, 3.05) is 25.0 Å². The number of aryl methyl sites for hydroxylation is 1. The number of hydrogen-bond acceptors (Lipinski definition) is 4. The molecular weight excluding hydrogens is 356 g/mol. The van der Waals surface area contributed by atoms with Crippen molar-refractivity contribution in [1.29, 1.82) is 0 Å². The maximum Gasteiger partial charge on any atom is 0.407 e. The third-order valence-electron chi connectivity index (χ3n) is 5.01. The second-order valence-electron chi connectivity index (χ2n) is 7.20. The van der Waals surface area contributed by atoms with E-state index in [0.29, 0.717) is 43.5 Å². The molecule has 0 spiro atoms. The molecule has 0 unspecified atom stereocenters. The second-order valence-corrected chi connectivity index (χ2v) is 7.20. The first-order valence-electron chi connectivity index (χ1n) is 9.53. The summed E-state index contributed by atoms with van der Waals surface area (Å²) in [6.07, 6.45) is 2.29. The summed E-state index contributed by atoms with van der Waals surface area (Å²) >= 11 is 0. The highest BCUT2D eigenvalue weighted by molar-refractivity contribution is 5.94. The normalized spacial score (nSPS) is 14.5. The number of carboxylic acid groups (broad SMARTS) is 1. The molecule has 0 atom stereocenters. The van der Waals surface area contributed by atoms with Crippen LogP contribution in [-0.4, -0.2) is 46.6 Å². The average molecular weight is 382 g/mol. The molecule has 0 radical (unpaired) electrons. The van der Waals surface area contributed by atoms with E-state index in [9.17, 15) is 9.59 Å². The lowest BCUT2D eigenvalue weighted by molar-refractivity contribution is 0.0928. The molecule has 1 fully saturated rings. The molecule has 7 heteroatoms. The Hall–Kier alpha value is -3.09. The first kappa shape index (κ1) is 19.7. The van der Waals surface area contributed by atoms with Crippen LogP contribution in [0.3, 0.4) is 0 Å². The molecule has 2 amide bonds. The third kappa shape index (κ3) is 5.45. The second kappa shape index (κ2) is 9.21. The Morgan fingerprint density at radius 3 is 2.71 bits per heavy atom. The molecule has 3 rings (SSSR count). The van der Waals surface area contributed by atoms with E-state index < -0.39 is 6.09 Å². The zero-order valence-electron chi connectivity index (χ0n) is 16.0. The van der Waals surface area contributed by atoms with E-state index in [4.69, 9.17) is 5.11 Å². The van der Waals surface area contributed by atoms with Crippen molar-refractivity contribution in [2.24, 2.45) is 5.92 Å². The van der Waals surface area contributed by atoms with Crippen LogP contribution >= 0.6 is 0 Å². The van der Waals surface area contributed by atoms with E-state index in [1.165, 1.54) is 10.5 Å². The Bertz CT molecular complexity index is 832. The first-order valence-corrected chi connectivity index (χ1v) is 9.53. The molecule has 3 N–H and O–H groups in total. The van der Waals surface area contributed by atoms with E-state index in [0.717, 1.165) is 18.4 Å². The maximum absolute atomic E-state index is 12.5. The smallest absolute Gasteiger partial charge is 0.407 e. The largest absolute Gasteiger partial charge is 0.465 e. The molecule has 1 aromatic carbocycles. The van der Waals surface area contributed by atoms with Gasteiger partial charge in [0.25, 0.3) is 5.91 Å². The van der Waals surface area contributed by atoms with Gasteiger partial charge < -0.3 is 20.6 Å². The molecular formula is C21H26N4O3. The van der Waals surface area contributed by atoms with Crippen molar-refractivity contribution in [3.05, 3.63) is 59.3 Å². The number of rotatable bonds is 6. The zero-order chi connectivity index (χ0) is 19.9. The van der Waals surface area contributed by atoms with Gasteiger partial charge in [0.05, 0.1) is 0 Å². The van der Waals surface area contributed by atoms with Crippen LogP contribution in [0.15, 0.2) is 42.6 Å². The summed E-state index contributed by atoms with van der Waals surface area (Å²) in [6.45, 7) is 4.30. The molecule has 2 heterocycles. The monoisotopic (exact) mass is 382 g/mol. The average Bonchev–Trinajstić information content (AvgIpc) is 2.71. The van der Waals surface area contributed by atoms with Crippen LogP contribution in [0, 0.1) is 12.8 Å². The predicted molar refractivity (Wildman–Crippen MR) is 107 cm³/mol. The lowest BCUT2D eigenvalue weighted by Crippen LogP contribution is -2.40. The molecule has 0 aliphatic carbocycles. The molecule has 0 bridgehead atoms.